The Labute approximate surface area is 106 Å². The lowest BCUT2D eigenvalue weighted by Crippen LogP contribution is -2.26. The molecule has 16 heavy (non-hydrogen) atoms. The molecule has 0 bridgehead atoms. The minimum atomic E-state index is 0.194. The van der Waals surface area contributed by atoms with Crippen LogP contribution in [0.1, 0.15) is 25.8 Å². The maximum Gasteiger partial charge on any atom is 0.140 e. The van der Waals surface area contributed by atoms with Crippen LogP contribution in [0.25, 0.3) is 0 Å². The van der Waals surface area contributed by atoms with E-state index in [0.29, 0.717) is 0 Å². The van der Waals surface area contributed by atoms with Crippen LogP contribution < -0.4 is 11.1 Å². The van der Waals surface area contributed by atoms with E-state index in [9.17, 15) is 0 Å². The van der Waals surface area contributed by atoms with Gasteiger partial charge in [-0.3, -0.25) is 0 Å². The molecule has 0 amide bonds. The van der Waals surface area contributed by atoms with Crippen molar-refractivity contribution >= 4 is 21.7 Å². The molecule has 0 spiro atoms. The van der Waals surface area contributed by atoms with Crippen LogP contribution in [0, 0.1) is 12.3 Å². The molecule has 0 aromatic carbocycles. The van der Waals surface area contributed by atoms with Gasteiger partial charge in [0, 0.05) is 12.7 Å². The normalized spacial score (nSPS) is 11.6. The van der Waals surface area contributed by atoms with Crippen molar-refractivity contribution in [2.24, 2.45) is 11.1 Å². The van der Waals surface area contributed by atoms with E-state index in [1.54, 1.807) is 0 Å². The summed E-state index contributed by atoms with van der Waals surface area (Å²) in [6, 6.07) is 1.99. The van der Waals surface area contributed by atoms with Gasteiger partial charge in [-0.15, -0.1) is 0 Å². The highest BCUT2D eigenvalue weighted by Crippen LogP contribution is 2.25. The summed E-state index contributed by atoms with van der Waals surface area (Å²) in [7, 11) is 0. The van der Waals surface area contributed by atoms with E-state index in [4.69, 9.17) is 5.73 Å². The Hall–Kier alpha value is -0.610. The molecule has 1 heterocycles. The molecule has 90 valence electrons. The zero-order valence-corrected chi connectivity index (χ0v) is 11.8. The Kier molecular flexibility index (Phi) is 4.74. The van der Waals surface area contributed by atoms with Gasteiger partial charge in [0.2, 0.25) is 0 Å². The molecule has 3 nitrogen and oxygen atoms in total. The van der Waals surface area contributed by atoms with Gasteiger partial charge in [-0.05, 0) is 52.9 Å². The number of pyridine rings is 1. The molecule has 0 aliphatic rings. The molecule has 4 heteroatoms. The molecule has 0 atom stereocenters. The zero-order valence-electron chi connectivity index (χ0n) is 10.2. The van der Waals surface area contributed by atoms with Crippen molar-refractivity contribution in [2.45, 2.75) is 27.2 Å². The molecular formula is C12H20BrN3. The van der Waals surface area contributed by atoms with Crippen molar-refractivity contribution in [3.63, 3.8) is 0 Å². The van der Waals surface area contributed by atoms with E-state index in [2.05, 4.69) is 47.0 Å². The summed E-state index contributed by atoms with van der Waals surface area (Å²) < 4.78 is 1.04. The van der Waals surface area contributed by atoms with E-state index < -0.39 is 0 Å². The zero-order chi connectivity index (χ0) is 12.2. The molecule has 0 aliphatic carbocycles. The highest BCUT2D eigenvalue weighted by molar-refractivity contribution is 9.10. The van der Waals surface area contributed by atoms with Gasteiger partial charge in [-0.1, -0.05) is 13.8 Å². The van der Waals surface area contributed by atoms with Crippen LogP contribution in [0.4, 0.5) is 5.82 Å². The molecule has 0 radical (unpaired) electrons. The summed E-state index contributed by atoms with van der Waals surface area (Å²) in [4.78, 5) is 4.31. The predicted octanol–water partition coefficient (Wildman–Crippen LogP) is 2.94. The summed E-state index contributed by atoms with van der Waals surface area (Å²) in [6.45, 7) is 8.06. The van der Waals surface area contributed by atoms with E-state index in [-0.39, 0.29) is 5.41 Å². The van der Waals surface area contributed by atoms with Gasteiger partial charge in [0.05, 0.1) is 4.47 Å². The molecule has 1 aromatic rings. The minimum Gasteiger partial charge on any atom is -0.369 e. The second-order valence-corrected chi connectivity index (χ2v) is 5.64. The van der Waals surface area contributed by atoms with Crippen molar-refractivity contribution in [3.05, 3.63) is 22.3 Å². The second kappa shape index (κ2) is 5.64. The van der Waals surface area contributed by atoms with Crippen molar-refractivity contribution in [3.8, 4) is 0 Å². The standard InChI is InChI=1S/C12H20BrN3/c1-9-4-7-15-11(10(9)13)16-8-12(2,3)5-6-14/h4,7H,5-6,8,14H2,1-3H3,(H,15,16). The third-order valence-electron chi connectivity index (χ3n) is 2.64. The Balaban J connectivity index is 2.64. The fourth-order valence-corrected chi connectivity index (χ4v) is 1.84. The molecule has 0 aliphatic heterocycles. The van der Waals surface area contributed by atoms with Gasteiger partial charge in [-0.25, -0.2) is 4.98 Å². The van der Waals surface area contributed by atoms with E-state index in [1.807, 2.05) is 12.3 Å². The summed E-state index contributed by atoms with van der Waals surface area (Å²) >= 11 is 3.54. The van der Waals surface area contributed by atoms with E-state index in [0.717, 1.165) is 29.8 Å². The van der Waals surface area contributed by atoms with Crippen LogP contribution >= 0.6 is 15.9 Å². The second-order valence-electron chi connectivity index (χ2n) is 4.85. The van der Waals surface area contributed by atoms with Crippen LogP contribution in [0.3, 0.4) is 0 Å². The molecule has 0 unspecified atom stereocenters. The first-order chi connectivity index (χ1) is 7.46. The first kappa shape index (κ1) is 13.5. The SMILES string of the molecule is Cc1ccnc(NCC(C)(C)CCN)c1Br. The third kappa shape index (κ3) is 3.76. The Morgan fingerprint density at radius 2 is 2.19 bits per heavy atom. The number of hydrogen-bond acceptors (Lipinski definition) is 3. The number of nitrogens with two attached hydrogens (primary N) is 1. The van der Waals surface area contributed by atoms with Gasteiger partial charge < -0.3 is 11.1 Å². The van der Waals surface area contributed by atoms with Gasteiger partial charge in [-0.2, -0.15) is 0 Å². The van der Waals surface area contributed by atoms with Crippen LogP contribution in [-0.2, 0) is 0 Å². The number of aryl methyl sites for hydroxylation is 1. The topological polar surface area (TPSA) is 50.9 Å². The Bertz CT molecular complexity index is 350. The first-order valence-corrected chi connectivity index (χ1v) is 6.30. The van der Waals surface area contributed by atoms with Gasteiger partial charge in [0.25, 0.3) is 0 Å². The summed E-state index contributed by atoms with van der Waals surface area (Å²) in [5, 5.41) is 3.37. The minimum absolute atomic E-state index is 0.194. The Morgan fingerprint density at radius 1 is 1.50 bits per heavy atom. The van der Waals surface area contributed by atoms with Gasteiger partial charge in [0.1, 0.15) is 5.82 Å². The number of nitrogens with one attached hydrogen (secondary N) is 1. The smallest absolute Gasteiger partial charge is 0.140 e. The first-order valence-electron chi connectivity index (χ1n) is 5.51. The predicted molar refractivity (Wildman–Crippen MR) is 72.6 cm³/mol. The fraction of sp³-hybridized carbons (Fsp3) is 0.583. The molecule has 0 fully saturated rings. The van der Waals surface area contributed by atoms with Gasteiger partial charge in [0.15, 0.2) is 0 Å². The Morgan fingerprint density at radius 3 is 2.81 bits per heavy atom. The summed E-state index contributed by atoms with van der Waals surface area (Å²) in [6.07, 6.45) is 2.82. The summed E-state index contributed by atoms with van der Waals surface area (Å²) in [5.74, 6) is 0.907. The highest BCUT2D eigenvalue weighted by atomic mass is 79.9. The maximum atomic E-state index is 5.58. The number of hydrogen-bond donors (Lipinski definition) is 2. The molecule has 1 rings (SSSR count). The molecule has 3 N–H and O–H groups in total. The number of halogens is 1. The molecule has 0 saturated carbocycles. The number of nitrogens with zero attached hydrogens (tertiary/aromatic N) is 1. The number of aromatic nitrogens is 1. The molecular weight excluding hydrogens is 266 g/mol. The van der Waals surface area contributed by atoms with Crippen molar-refractivity contribution in [1.82, 2.24) is 4.98 Å². The van der Waals surface area contributed by atoms with Crippen LogP contribution in [0.15, 0.2) is 16.7 Å². The highest BCUT2D eigenvalue weighted by Gasteiger charge is 2.17. The fourth-order valence-electron chi connectivity index (χ4n) is 1.47. The lowest BCUT2D eigenvalue weighted by Gasteiger charge is -2.24. The lowest BCUT2D eigenvalue weighted by molar-refractivity contribution is 0.365. The van der Waals surface area contributed by atoms with Gasteiger partial charge >= 0.3 is 0 Å². The molecule has 1 aromatic heterocycles. The van der Waals surface area contributed by atoms with E-state index >= 15 is 0 Å². The summed E-state index contributed by atoms with van der Waals surface area (Å²) in [5.41, 5.74) is 6.97. The monoisotopic (exact) mass is 285 g/mol. The van der Waals surface area contributed by atoms with Crippen molar-refractivity contribution in [1.29, 1.82) is 0 Å². The average Bonchev–Trinajstić information content (AvgIpc) is 2.20. The number of rotatable bonds is 5. The lowest BCUT2D eigenvalue weighted by atomic mass is 9.89. The van der Waals surface area contributed by atoms with E-state index in [1.165, 1.54) is 5.56 Å². The quantitative estimate of drug-likeness (QED) is 0.875. The number of anilines is 1. The van der Waals surface area contributed by atoms with Crippen molar-refractivity contribution < 1.29 is 0 Å². The van der Waals surface area contributed by atoms with Crippen LogP contribution in [0.5, 0.6) is 0 Å². The average molecular weight is 286 g/mol. The maximum absolute atomic E-state index is 5.58. The largest absolute Gasteiger partial charge is 0.369 e. The third-order valence-corrected chi connectivity index (χ3v) is 3.64. The van der Waals surface area contributed by atoms with Crippen LogP contribution in [0.2, 0.25) is 0 Å². The molecule has 0 saturated heterocycles. The van der Waals surface area contributed by atoms with Crippen LogP contribution in [-0.4, -0.2) is 18.1 Å². The van der Waals surface area contributed by atoms with Crippen molar-refractivity contribution in [2.75, 3.05) is 18.4 Å².